The number of carbonyl (C=O) groups is 1. The first-order valence-corrected chi connectivity index (χ1v) is 3.76. The van der Waals surface area contributed by atoms with Gasteiger partial charge >= 0.3 is 0 Å². The third-order valence-electron chi connectivity index (χ3n) is 1.94. The van der Waals surface area contributed by atoms with E-state index in [-0.39, 0.29) is 11.4 Å². The van der Waals surface area contributed by atoms with Crippen LogP contribution in [0, 0.1) is 0 Å². The van der Waals surface area contributed by atoms with Gasteiger partial charge in [-0.05, 0) is 25.8 Å². The van der Waals surface area contributed by atoms with Crippen LogP contribution in [0.4, 0.5) is 0 Å². The Kier molecular flexibility index (Phi) is 1.94. The molecule has 0 aromatic rings. The highest BCUT2D eigenvalue weighted by molar-refractivity contribution is 5.87. The summed E-state index contributed by atoms with van der Waals surface area (Å²) in [7, 11) is 0. The second-order valence-corrected chi connectivity index (χ2v) is 2.87. The molecule has 10 heavy (non-hydrogen) atoms. The molecule has 3 nitrogen and oxygen atoms in total. The highest BCUT2D eigenvalue weighted by atomic mass is 16.1. The fraction of sp³-hybridized carbons (Fsp3) is 0.857. The summed E-state index contributed by atoms with van der Waals surface area (Å²) in [5, 5.41) is 3.14. The Labute approximate surface area is 61.0 Å². The minimum atomic E-state index is -0.310. The molecule has 1 saturated carbocycles. The van der Waals surface area contributed by atoms with Gasteiger partial charge in [0.2, 0.25) is 5.91 Å². The molecule has 3 N–H and O–H groups in total. The molecule has 0 aromatic carbocycles. The predicted octanol–water partition coefficient (Wildman–Crippen LogP) is 0.00390. The summed E-state index contributed by atoms with van der Waals surface area (Å²) in [4.78, 5) is 10.7. The first-order valence-electron chi connectivity index (χ1n) is 3.76. The molecule has 1 aliphatic carbocycles. The normalized spacial score (nSPS) is 20.5. The van der Waals surface area contributed by atoms with Crippen LogP contribution in [0.1, 0.15) is 26.2 Å². The van der Waals surface area contributed by atoms with Gasteiger partial charge in [-0.25, -0.2) is 0 Å². The van der Waals surface area contributed by atoms with E-state index in [4.69, 9.17) is 5.73 Å². The van der Waals surface area contributed by atoms with Crippen LogP contribution in [0.25, 0.3) is 0 Å². The van der Waals surface area contributed by atoms with Gasteiger partial charge in [0.15, 0.2) is 0 Å². The number of hydrogen-bond acceptors (Lipinski definition) is 2. The van der Waals surface area contributed by atoms with E-state index in [1.807, 2.05) is 0 Å². The maximum absolute atomic E-state index is 10.7. The molecule has 1 fully saturated rings. The van der Waals surface area contributed by atoms with Crippen LogP contribution in [0.15, 0.2) is 0 Å². The SMILES string of the molecule is CCCNC1(C(N)=O)CC1. The van der Waals surface area contributed by atoms with Gasteiger partial charge in [-0.3, -0.25) is 4.79 Å². The Bertz CT molecular complexity index is 141. The van der Waals surface area contributed by atoms with Crippen LogP contribution in [0.3, 0.4) is 0 Å². The fourth-order valence-electron chi connectivity index (χ4n) is 1.000. The molecule has 58 valence electrons. The first-order chi connectivity index (χ1) is 4.71. The minimum absolute atomic E-state index is 0.194. The lowest BCUT2D eigenvalue weighted by Gasteiger charge is -2.11. The van der Waals surface area contributed by atoms with Gasteiger partial charge in [0.25, 0.3) is 0 Å². The molecule has 1 aliphatic rings. The molecule has 0 unspecified atom stereocenters. The topological polar surface area (TPSA) is 55.1 Å². The highest BCUT2D eigenvalue weighted by Gasteiger charge is 2.47. The molecule has 1 rings (SSSR count). The average Bonchev–Trinajstić information content (AvgIpc) is 2.64. The Morgan fingerprint density at radius 2 is 2.30 bits per heavy atom. The predicted molar refractivity (Wildman–Crippen MR) is 39.5 cm³/mol. The maximum Gasteiger partial charge on any atom is 0.237 e. The summed E-state index contributed by atoms with van der Waals surface area (Å²) in [6.45, 7) is 2.97. The lowest BCUT2D eigenvalue weighted by Crippen LogP contribution is -2.43. The number of primary amides is 1. The first kappa shape index (κ1) is 7.54. The van der Waals surface area contributed by atoms with Crippen molar-refractivity contribution in [3.63, 3.8) is 0 Å². The summed E-state index contributed by atoms with van der Waals surface area (Å²) < 4.78 is 0. The van der Waals surface area contributed by atoms with E-state index in [0.717, 1.165) is 25.8 Å². The van der Waals surface area contributed by atoms with Gasteiger partial charge in [0.05, 0.1) is 5.54 Å². The Morgan fingerprint density at radius 1 is 1.70 bits per heavy atom. The van der Waals surface area contributed by atoms with Gasteiger partial charge in [-0.1, -0.05) is 6.92 Å². The van der Waals surface area contributed by atoms with Crippen molar-refractivity contribution in [2.24, 2.45) is 5.73 Å². The van der Waals surface area contributed by atoms with Crippen molar-refractivity contribution in [3.05, 3.63) is 0 Å². The van der Waals surface area contributed by atoms with Crippen molar-refractivity contribution < 1.29 is 4.79 Å². The van der Waals surface area contributed by atoms with Crippen molar-refractivity contribution in [2.75, 3.05) is 6.54 Å². The van der Waals surface area contributed by atoms with E-state index in [0.29, 0.717) is 0 Å². The van der Waals surface area contributed by atoms with E-state index >= 15 is 0 Å². The molecule has 0 heterocycles. The summed E-state index contributed by atoms with van der Waals surface area (Å²) in [5.41, 5.74) is 4.86. The Morgan fingerprint density at radius 3 is 2.60 bits per heavy atom. The molecule has 0 aliphatic heterocycles. The monoisotopic (exact) mass is 142 g/mol. The molecule has 0 atom stereocenters. The molecular formula is C7H14N2O. The van der Waals surface area contributed by atoms with Gasteiger partial charge < -0.3 is 11.1 Å². The van der Waals surface area contributed by atoms with E-state index < -0.39 is 0 Å². The third kappa shape index (κ3) is 1.29. The zero-order chi connectivity index (χ0) is 7.61. The number of rotatable bonds is 4. The lowest BCUT2D eigenvalue weighted by atomic mass is 10.2. The standard InChI is InChI=1S/C7H14N2O/c1-2-5-9-7(3-4-7)6(8)10/h9H,2-5H2,1H3,(H2,8,10). The van der Waals surface area contributed by atoms with Crippen molar-refractivity contribution in [3.8, 4) is 0 Å². The molecule has 0 spiro atoms. The largest absolute Gasteiger partial charge is 0.368 e. The molecule has 1 amide bonds. The number of nitrogens with one attached hydrogen (secondary N) is 1. The summed E-state index contributed by atoms with van der Waals surface area (Å²) >= 11 is 0. The average molecular weight is 142 g/mol. The summed E-state index contributed by atoms with van der Waals surface area (Å²) in [6.07, 6.45) is 2.89. The van der Waals surface area contributed by atoms with Crippen LogP contribution in [0.2, 0.25) is 0 Å². The van der Waals surface area contributed by atoms with Crippen LogP contribution in [-0.4, -0.2) is 18.0 Å². The quantitative estimate of drug-likeness (QED) is 0.580. The molecular weight excluding hydrogens is 128 g/mol. The van der Waals surface area contributed by atoms with E-state index in [2.05, 4.69) is 12.2 Å². The van der Waals surface area contributed by atoms with Gasteiger partial charge in [-0.2, -0.15) is 0 Å². The van der Waals surface area contributed by atoms with Crippen molar-refractivity contribution in [1.29, 1.82) is 0 Å². The van der Waals surface area contributed by atoms with Gasteiger partial charge in [-0.15, -0.1) is 0 Å². The molecule has 0 saturated heterocycles. The van der Waals surface area contributed by atoms with Crippen LogP contribution >= 0.6 is 0 Å². The Balaban J connectivity index is 2.31. The van der Waals surface area contributed by atoms with E-state index in [9.17, 15) is 4.79 Å². The molecule has 3 heteroatoms. The van der Waals surface area contributed by atoms with Crippen LogP contribution < -0.4 is 11.1 Å². The smallest absolute Gasteiger partial charge is 0.237 e. The number of carbonyl (C=O) groups excluding carboxylic acids is 1. The zero-order valence-electron chi connectivity index (χ0n) is 6.31. The second-order valence-electron chi connectivity index (χ2n) is 2.87. The van der Waals surface area contributed by atoms with Crippen molar-refractivity contribution in [2.45, 2.75) is 31.7 Å². The van der Waals surface area contributed by atoms with Gasteiger partial charge in [0.1, 0.15) is 0 Å². The van der Waals surface area contributed by atoms with Crippen molar-refractivity contribution in [1.82, 2.24) is 5.32 Å². The molecule has 0 aromatic heterocycles. The number of nitrogens with two attached hydrogens (primary N) is 1. The fourth-order valence-corrected chi connectivity index (χ4v) is 1.000. The zero-order valence-corrected chi connectivity index (χ0v) is 6.31. The minimum Gasteiger partial charge on any atom is -0.368 e. The highest BCUT2D eigenvalue weighted by Crippen LogP contribution is 2.34. The second kappa shape index (κ2) is 2.58. The van der Waals surface area contributed by atoms with E-state index in [1.165, 1.54) is 0 Å². The summed E-state index contributed by atoms with van der Waals surface area (Å²) in [6, 6.07) is 0. The third-order valence-corrected chi connectivity index (χ3v) is 1.94. The Hall–Kier alpha value is -0.570. The molecule has 0 bridgehead atoms. The lowest BCUT2D eigenvalue weighted by molar-refractivity contribution is -0.121. The number of hydrogen-bond donors (Lipinski definition) is 2. The van der Waals surface area contributed by atoms with Gasteiger partial charge in [0, 0.05) is 0 Å². The molecule has 0 radical (unpaired) electrons. The summed E-state index contributed by atoms with van der Waals surface area (Å²) in [5.74, 6) is -0.194. The van der Waals surface area contributed by atoms with Crippen LogP contribution in [0.5, 0.6) is 0 Å². The number of amides is 1. The van der Waals surface area contributed by atoms with Crippen molar-refractivity contribution >= 4 is 5.91 Å². The van der Waals surface area contributed by atoms with Crippen LogP contribution in [-0.2, 0) is 4.79 Å². The maximum atomic E-state index is 10.7. The van der Waals surface area contributed by atoms with E-state index in [1.54, 1.807) is 0 Å².